The molecule has 36 heavy (non-hydrogen) atoms. The molecule has 0 bridgehead atoms. The number of alkyl halides is 3. The summed E-state index contributed by atoms with van der Waals surface area (Å²) in [5.41, 5.74) is 3.81. The number of nitrogens with one attached hydrogen (secondary N) is 1. The predicted molar refractivity (Wildman–Crippen MR) is 123 cm³/mol. The Morgan fingerprint density at radius 3 is 2.58 bits per heavy atom. The van der Waals surface area contributed by atoms with Gasteiger partial charge in [-0.3, -0.25) is 4.79 Å². The zero-order chi connectivity index (χ0) is 26.4. The topological polar surface area (TPSA) is 93.4 Å². The summed E-state index contributed by atoms with van der Waals surface area (Å²) in [6.45, 7) is 3.09. The first-order chi connectivity index (χ1) is 16.8. The number of likely N-dealkylation sites (tertiary alicyclic amines) is 1. The van der Waals surface area contributed by atoms with Crippen molar-refractivity contribution in [3.63, 3.8) is 0 Å². The number of halogens is 5. The fourth-order valence-electron chi connectivity index (χ4n) is 4.19. The van der Waals surface area contributed by atoms with Gasteiger partial charge in [0.25, 0.3) is 0 Å². The van der Waals surface area contributed by atoms with Gasteiger partial charge >= 0.3 is 6.18 Å². The number of amides is 1. The highest BCUT2D eigenvalue weighted by atomic mass is 19.4. The van der Waals surface area contributed by atoms with Crippen molar-refractivity contribution in [3.8, 4) is 5.75 Å². The molecule has 1 fully saturated rings. The lowest BCUT2D eigenvalue weighted by Gasteiger charge is -2.21. The first kappa shape index (κ1) is 25.4. The lowest BCUT2D eigenvalue weighted by atomic mass is 10.0. The van der Waals surface area contributed by atoms with E-state index in [-0.39, 0.29) is 52.7 Å². The van der Waals surface area contributed by atoms with Crippen molar-refractivity contribution in [3.05, 3.63) is 52.9 Å². The van der Waals surface area contributed by atoms with Crippen LogP contribution in [0.25, 0.3) is 10.9 Å². The highest BCUT2D eigenvalue weighted by molar-refractivity contribution is 5.90. The fourth-order valence-corrected chi connectivity index (χ4v) is 4.19. The van der Waals surface area contributed by atoms with E-state index >= 15 is 0 Å². The molecule has 3 N–H and O–H groups in total. The summed E-state index contributed by atoms with van der Waals surface area (Å²) >= 11 is 0. The van der Waals surface area contributed by atoms with Crippen molar-refractivity contribution in [2.45, 2.75) is 44.9 Å². The molecule has 192 valence electrons. The quantitative estimate of drug-likeness (QED) is 0.359. The molecule has 4 rings (SSSR count). The van der Waals surface area contributed by atoms with Gasteiger partial charge in [0.2, 0.25) is 5.91 Å². The zero-order valence-electron chi connectivity index (χ0n) is 19.7. The van der Waals surface area contributed by atoms with E-state index < -0.39 is 29.4 Å². The maximum atomic E-state index is 14.8. The van der Waals surface area contributed by atoms with E-state index in [4.69, 9.17) is 10.5 Å². The van der Waals surface area contributed by atoms with Crippen LogP contribution >= 0.6 is 0 Å². The number of anilines is 2. The van der Waals surface area contributed by atoms with Gasteiger partial charge in [0.15, 0.2) is 11.6 Å². The van der Waals surface area contributed by atoms with Crippen LogP contribution in [0.1, 0.15) is 42.8 Å². The summed E-state index contributed by atoms with van der Waals surface area (Å²) in [4.78, 5) is 21.8. The molecule has 0 saturated carbocycles. The molecule has 2 heterocycles. The average molecular weight is 509 g/mol. The van der Waals surface area contributed by atoms with Crippen molar-refractivity contribution in [2.75, 3.05) is 24.7 Å². The Kier molecular flexibility index (Phi) is 6.63. The second kappa shape index (κ2) is 9.40. The minimum absolute atomic E-state index is 0.0191. The summed E-state index contributed by atoms with van der Waals surface area (Å²) in [5, 5.41) is 3.22. The molecule has 1 aliphatic rings. The van der Waals surface area contributed by atoms with Crippen LogP contribution in [0.15, 0.2) is 24.3 Å². The summed E-state index contributed by atoms with van der Waals surface area (Å²) in [6, 6.07) is 2.99. The number of rotatable bonds is 6. The van der Waals surface area contributed by atoms with Gasteiger partial charge in [0, 0.05) is 36.2 Å². The molecule has 0 radical (unpaired) electrons. The number of nitrogens with two attached hydrogens (primary N) is 1. The fraction of sp³-hybridized carbons (Fsp3) is 0.375. The molecule has 7 nitrogen and oxygen atoms in total. The number of hydrogen-bond donors (Lipinski definition) is 2. The molecule has 0 unspecified atom stereocenters. The van der Waals surface area contributed by atoms with E-state index in [0.717, 1.165) is 12.1 Å². The molecule has 1 aromatic heterocycles. The lowest BCUT2D eigenvalue weighted by Crippen LogP contribution is -2.33. The van der Waals surface area contributed by atoms with Gasteiger partial charge in [0.05, 0.1) is 23.2 Å². The minimum atomic E-state index is -4.92. The van der Waals surface area contributed by atoms with Crippen molar-refractivity contribution >= 4 is 28.3 Å². The van der Waals surface area contributed by atoms with Crippen LogP contribution in [-0.2, 0) is 11.0 Å². The maximum absolute atomic E-state index is 14.8. The number of likely N-dealkylation sites (N-methyl/N-ethyl adjacent to an activating group) is 1. The van der Waals surface area contributed by atoms with Gasteiger partial charge in [-0.25, -0.2) is 18.7 Å². The van der Waals surface area contributed by atoms with Crippen LogP contribution in [0.2, 0.25) is 0 Å². The van der Waals surface area contributed by atoms with Crippen molar-refractivity contribution in [1.82, 2.24) is 14.9 Å². The van der Waals surface area contributed by atoms with Crippen molar-refractivity contribution in [1.29, 1.82) is 0 Å². The molecule has 12 heteroatoms. The Morgan fingerprint density at radius 1 is 1.22 bits per heavy atom. The van der Waals surface area contributed by atoms with E-state index in [1.807, 2.05) is 0 Å². The third-order valence-electron chi connectivity index (χ3n) is 6.17. The van der Waals surface area contributed by atoms with E-state index in [1.54, 1.807) is 18.9 Å². The Bertz CT molecular complexity index is 1330. The monoisotopic (exact) mass is 509 g/mol. The standard InChI is InChI=1S/C24H24F5N5O2/c1-11(15-6-13(30)7-17(22(15)26)24(27,28)29)31-23-16-8-20(18(25)9-19(16)32-12(2)33-23)36-10-14-4-5-21(35)34(14)3/h6-9,11,14H,4-5,10,30H2,1-3H3,(H,31,32,33)/t11-,14+/m1/s1. The second-order valence-electron chi connectivity index (χ2n) is 8.76. The number of carbonyl (C=O) groups is 1. The van der Waals surface area contributed by atoms with E-state index in [2.05, 4.69) is 15.3 Å². The molecule has 2 atom stereocenters. The number of nitrogens with zero attached hydrogens (tertiary/aromatic N) is 3. The van der Waals surface area contributed by atoms with Gasteiger partial charge in [-0.15, -0.1) is 0 Å². The van der Waals surface area contributed by atoms with Crippen LogP contribution in [0.5, 0.6) is 5.75 Å². The smallest absolute Gasteiger partial charge is 0.419 e. The Labute approximate surface area is 203 Å². The predicted octanol–water partition coefficient (Wildman–Crippen LogP) is 4.99. The number of aromatic nitrogens is 2. The molecule has 0 aliphatic carbocycles. The summed E-state index contributed by atoms with van der Waals surface area (Å²) in [6.07, 6.45) is -3.95. The summed E-state index contributed by atoms with van der Waals surface area (Å²) < 4.78 is 75.0. The third kappa shape index (κ3) is 4.98. The van der Waals surface area contributed by atoms with Gasteiger partial charge < -0.3 is 20.7 Å². The Hall–Kier alpha value is -3.70. The molecule has 3 aromatic rings. The number of nitrogen functional groups attached to an aromatic ring is 1. The Morgan fingerprint density at radius 2 is 1.94 bits per heavy atom. The average Bonchev–Trinajstić information content (AvgIpc) is 3.10. The highest BCUT2D eigenvalue weighted by Gasteiger charge is 2.36. The van der Waals surface area contributed by atoms with Crippen molar-refractivity contribution < 1.29 is 31.5 Å². The van der Waals surface area contributed by atoms with E-state index in [1.165, 1.54) is 13.0 Å². The third-order valence-corrected chi connectivity index (χ3v) is 6.17. The Balaban J connectivity index is 1.67. The molecule has 2 aromatic carbocycles. The van der Waals surface area contributed by atoms with Gasteiger partial charge in [-0.05, 0) is 38.5 Å². The zero-order valence-corrected chi connectivity index (χ0v) is 19.7. The number of carbonyl (C=O) groups excluding carboxylic acids is 1. The van der Waals surface area contributed by atoms with Crippen LogP contribution in [-0.4, -0.2) is 40.5 Å². The molecule has 1 aliphatic heterocycles. The summed E-state index contributed by atoms with van der Waals surface area (Å²) in [5.74, 6) is -1.83. The molecular formula is C24H24F5N5O2. The molecule has 1 amide bonds. The van der Waals surface area contributed by atoms with Crippen LogP contribution in [0, 0.1) is 18.6 Å². The van der Waals surface area contributed by atoms with Crippen molar-refractivity contribution in [2.24, 2.45) is 0 Å². The second-order valence-corrected chi connectivity index (χ2v) is 8.76. The number of ether oxygens (including phenoxy) is 1. The number of benzene rings is 2. The van der Waals surface area contributed by atoms with E-state index in [9.17, 15) is 26.7 Å². The molecule has 1 saturated heterocycles. The number of hydrogen-bond acceptors (Lipinski definition) is 6. The van der Waals surface area contributed by atoms with Crippen LogP contribution in [0.4, 0.5) is 33.5 Å². The van der Waals surface area contributed by atoms with Gasteiger partial charge in [-0.1, -0.05) is 0 Å². The highest BCUT2D eigenvalue weighted by Crippen LogP contribution is 2.37. The number of aryl methyl sites for hydroxylation is 1. The van der Waals surface area contributed by atoms with Crippen LogP contribution < -0.4 is 15.8 Å². The van der Waals surface area contributed by atoms with E-state index in [0.29, 0.717) is 24.3 Å². The molecule has 0 spiro atoms. The van der Waals surface area contributed by atoms with Gasteiger partial charge in [-0.2, -0.15) is 13.2 Å². The largest absolute Gasteiger partial charge is 0.488 e. The lowest BCUT2D eigenvalue weighted by molar-refractivity contribution is -0.140. The summed E-state index contributed by atoms with van der Waals surface area (Å²) in [7, 11) is 1.65. The SMILES string of the molecule is Cc1nc(N[C@H](C)c2cc(N)cc(C(F)(F)F)c2F)c2cc(OC[C@@H]3CCC(=O)N3C)c(F)cc2n1. The van der Waals surface area contributed by atoms with Crippen LogP contribution in [0.3, 0.4) is 0 Å². The first-order valence-electron chi connectivity index (χ1n) is 11.1. The normalized spacial score (nSPS) is 17.1. The molecular weight excluding hydrogens is 485 g/mol. The first-order valence-corrected chi connectivity index (χ1v) is 11.1. The maximum Gasteiger partial charge on any atom is 0.419 e. The number of fused-ring (bicyclic) bond motifs is 1. The minimum Gasteiger partial charge on any atom is -0.488 e. The van der Waals surface area contributed by atoms with Gasteiger partial charge in [0.1, 0.15) is 24.1 Å².